The van der Waals surface area contributed by atoms with Crippen LogP contribution in [-0.2, 0) is 4.79 Å². The molecule has 2 rings (SSSR count). The summed E-state index contributed by atoms with van der Waals surface area (Å²) in [6.07, 6.45) is 3.88. The topological polar surface area (TPSA) is 52.9 Å². The van der Waals surface area contributed by atoms with Crippen molar-refractivity contribution in [3.63, 3.8) is 0 Å². The molecule has 20 heavy (non-hydrogen) atoms. The lowest BCUT2D eigenvalue weighted by Gasteiger charge is -2.15. The van der Waals surface area contributed by atoms with Gasteiger partial charge in [-0.3, -0.25) is 4.79 Å². The largest absolute Gasteiger partial charge is 0.395 e. The molecule has 1 aliphatic rings. The maximum Gasteiger partial charge on any atom is 0.286 e. The van der Waals surface area contributed by atoms with Crippen LogP contribution in [0, 0.1) is 0 Å². The molecule has 0 aromatic heterocycles. The van der Waals surface area contributed by atoms with E-state index in [4.69, 9.17) is 5.11 Å². The van der Waals surface area contributed by atoms with Crippen molar-refractivity contribution in [1.82, 2.24) is 4.90 Å². The molecule has 1 aliphatic heterocycles. The molecule has 1 amide bonds. The SMILES string of the molecule is CSc1ccc(/C=C2/SC(N(C)CCO)=NC2=O)cc1. The number of nitrogens with zero attached hydrogens (tertiary/aromatic N) is 2. The molecular weight excluding hydrogens is 292 g/mol. The van der Waals surface area contributed by atoms with Crippen LogP contribution in [0.3, 0.4) is 0 Å². The van der Waals surface area contributed by atoms with Crippen molar-refractivity contribution in [2.75, 3.05) is 26.5 Å². The zero-order valence-electron chi connectivity index (χ0n) is 11.4. The Morgan fingerprint density at radius 3 is 2.70 bits per heavy atom. The highest BCUT2D eigenvalue weighted by Gasteiger charge is 2.24. The fraction of sp³-hybridized carbons (Fsp3) is 0.286. The number of hydrogen-bond acceptors (Lipinski definition) is 5. The highest BCUT2D eigenvalue weighted by atomic mass is 32.2. The number of carbonyl (C=O) groups is 1. The Morgan fingerprint density at radius 2 is 2.10 bits per heavy atom. The Morgan fingerprint density at radius 1 is 1.40 bits per heavy atom. The van der Waals surface area contributed by atoms with Gasteiger partial charge in [0.2, 0.25) is 0 Å². The second kappa shape index (κ2) is 6.97. The first-order chi connectivity index (χ1) is 9.63. The van der Waals surface area contributed by atoms with Crippen LogP contribution in [0.2, 0.25) is 0 Å². The minimum atomic E-state index is -0.219. The highest BCUT2D eigenvalue weighted by Crippen LogP contribution is 2.29. The standard InChI is InChI=1S/C14H16N2O2S2/c1-16(7-8-17)14-15-13(18)12(20-14)9-10-3-5-11(19-2)6-4-10/h3-6,9,17H,7-8H2,1-2H3/b12-9+. The monoisotopic (exact) mass is 308 g/mol. The van der Waals surface area contributed by atoms with E-state index in [0.29, 0.717) is 16.6 Å². The molecule has 0 radical (unpaired) electrons. The van der Waals surface area contributed by atoms with Crippen molar-refractivity contribution >= 4 is 40.7 Å². The van der Waals surface area contributed by atoms with Gasteiger partial charge in [-0.15, -0.1) is 11.8 Å². The number of carbonyl (C=O) groups excluding carboxylic acids is 1. The summed E-state index contributed by atoms with van der Waals surface area (Å²) >= 11 is 3.03. The molecule has 0 fully saturated rings. The van der Waals surface area contributed by atoms with Crippen molar-refractivity contribution in [1.29, 1.82) is 0 Å². The Bertz CT molecular complexity index is 553. The van der Waals surface area contributed by atoms with Crippen LogP contribution in [0.15, 0.2) is 39.1 Å². The number of amides is 1. The Hall–Kier alpha value is -1.24. The van der Waals surface area contributed by atoms with Gasteiger partial charge in [0.1, 0.15) is 0 Å². The predicted molar refractivity (Wildman–Crippen MR) is 85.9 cm³/mol. The molecule has 0 saturated heterocycles. The van der Waals surface area contributed by atoms with E-state index >= 15 is 0 Å². The summed E-state index contributed by atoms with van der Waals surface area (Å²) < 4.78 is 0. The Kier molecular flexibility index (Phi) is 5.28. The minimum absolute atomic E-state index is 0.0411. The number of amidine groups is 1. The van der Waals surface area contributed by atoms with E-state index in [0.717, 1.165) is 5.56 Å². The van der Waals surface area contributed by atoms with Crippen molar-refractivity contribution in [3.05, 3.63) is 34.7 Å². The molecule has 0 atom stereocenters. The number of likely N-dealkylation sites (N-methyl/N-ethyl adjacent to an activating group) is 1. The summed E-state index contributed by atoms with van der Waals surface area (Å²) in [7, 11) is 1.81. The van der Waals surface area contributed by atoms with Gasteiger partial charge in [-0.05, 0) is 41.8 Å². The first-order valence-electron chi connectivity index (χ1n) is 6.12. The fourth-order valence-corrected chi connectivity index (χ4v) is 2.97. The van der Waals surface area contributed by atoms with Gasteiger partial charge in [-0.1, -0.05) is 12.1 Å². The zero-order valence-corrected chi connectivity index (χ0v) is 13.0. The van der Waals surface area contributed by atoms with Crippen molar-refractivity contribution < 1.29 is 9.90 Å². The van der Waals surface area contributed by atoms with Gasteiger partial charge in [0.05, 0.1) is 11.5 Å². The summed E-state index contributed by atoms with van der Waals surface area (Å²) in [6, 6.07) is 8.03. The van der Waals surface area contributed by atoms with Crippen molar-refractivity contribution in [3.8, 4) is 0 Å². The third-order valence-electron chi connectivity index (χ3n) is 2.78. The summed E-state index contributed by atoms with van der Waals surface area (Å²) in [5.41, 5.74) is 0.986. The number of rotatable bonds is 4. The molecule has 0 unspecified atom stereocenters. The summed E-state index contributed by atoms with van der Waals surface area (Å²) in [4.78, 5) is 19.4. The Labute approximate surface area is 127 Å². The molecular formula is C14H16N2O2S2. The van der Waals surface area contributed by atoms with Crippen LogP contribution < -0.4 is 0 Å². The summed E-state index contributed by atoms with van der Waals surface area (Å²) in [5.74, 6) is -0.219. The van der Waals surface area contributed by atoms with E-state index in [-0.39, 0.29) is 12.5 Å². The van der Waals surface area contributed by atoms with Crippen LogP contribution in [0.4, 0.5) is 0 Å². The lowest BCUT2D eigenvalue weighted by Crippen LogP contribution is -2.26. The van der Waals surface area contributed by atoms with Crippen LogP contribution in [0.25, 0.3) is 6.08 Å². The molecule has 1 N–H and O–H groups in total. The molecule has 106 valence electrons. The zero-order chi connectivity index (χ0) is 14.5. The van der Waals surface area contributed by atoms with E-state index in [1.54, 1.807) is 16.7 Å². The average molecular weight is 308 g/mol. The van der Waals surface area contributed by atoms with Gasteiger partial charge in [0.25, 0.3) is 5.91 Å². The first kappa shape index (κ1) is 15.2. The summed E-state index contributed by atoms with van der Waals surface area (Å²) in [6.45, 7) is 0.508. The quantitative estimate of drug-likeness (QED) is 0.683. The van der Waals surface area contributed by atoms with Gasteiger partial charge < -0.3 is 10.0 Å². The second-order valence-electron chi connectivity index (χ2n) is 4.23. The second-order valence-corrected chi connectivity index (χ2v) is 6.12. The van der Waals surface area contributed by atoms with Crippen LogP contribution >= 0.6 is 23.5 Å². The molecule has 0 saturated carbocycles. The highest BCUT2D eigenvalue weighted by molar-refractivity contribution is 8.18. The normalized spacial score (nSPS) is 16.6. The van der Waals surface area contributed by atoms with E-state index in [1.165, 1.54) is 16.7 Å². The molecule has 1 aromatic rings. The Balaban J connectivity index is 2.10. The molecule has 0 spiro atoms. The maximum atomic E-state index is 11.9. The van der Waals surface area contributed by atoms with E-state index in [9.17, 15) is 4.79 Å². The van der Waals surface area contributed by atoms with Crippen LogP contribution in [-0.4, -0.2) is 47.5 Å². The number of hydrogen-bond donors (Lipinski definition) is 1. The van der Waals surface area contributed by atoms with Gasteiger partial charge >= 0.3 is 0 Å². The number of aliphatic imine (C=N–C) groups is 1. The van der Waals surface area contributed by atoms with Crippen molar-refractivity contribution in [2.45, 2.75) is 4.90 Å². The number of thioether (sulfide) groups is 2. The minimum Gasteiger partial charge on any atom is -0.395 e. The van der Waals surface area contributed by atoms with Crippen LogP contribution in [0.5, 0.6) is 0 Å². The maximum absolute atomic E-state index is 11.9. The van der Waals surface area contributed by atoms with Gasteiger partial charge in [-0.25, -0.2) is 0 Å². The smallest absolute Gasteiger partial charge is 0.286 e. The summed E-state index contributed by atoms with van der Waals surface area (Å²) in [5, 5.41) is 9.54. The predicted octanol–water partition coefficient (Wildman–Crippen LogP) is 2.30. The third kappa shape index (κ3) is 3.65. The molecule has 1 aromatic carbocycles. The van der Waals surface area contributed by atoms with Crippen molar-refractivity contribution in [2.24, 2.45) is 4.99 Å². The number of aliphatic hydroxyl groups excluding tert-OH is 1. The first-order valence-corrected chi connectivity index (χ1v) is 8.17. The van der Waals surface area contributed by atoms with Gasteiger partial charge in [0, 0.05) is 18.5 Å². The molecule has 0 bridgehead atoms. The number of aliphatic hydroxyl groups is 1. The molecule has 6 heteroatoms. The van der Waals surface area contributed by atoms with E-state index in [2.05, 4.69) is 4.99 Å². The van der Waals surface area contributed by atoms with Crippen LogP contribution in [0.1, 0.15) is 5.56 Å². The van der Waals surface area contributed by atoms with E-state index in [1.807, 2.05) is 43.6 Å². The molecule has 4 nitrogen and oxygen atoms in total. The lowest BCUT2D eigenvalue weighted by molar-refractivity contribution is -0.113. The fourth-order valence-electron chi connectivity index (χ4n) is 1.66. The number of benzene rings is 1. The molecule has 0 aliphatic carbocycles. The van der Waals surface area contributed by atoms with Gasteiger partial charge in [0.15, 0.2) is 5.17 Å². The lowest BCUT2D eigenvalue weighted by atomic mass is 10.2. The average Bonchev–Trinajstić information content (AvgIpc) is 2.81. The van der Waals surface area contributed by atoms with E-state index < -0.39 is 0 Å². The van der Waals surface area contributed by atoms with Gasteiger partial charge in [-0.2, -0.15) is 4.99 Å². The molecule has 1 heterocycles. The third-order valence-corrected chi connectivity index (χ3v) is 4.63.